The van der Waals surface area contributed by atoms with Gasteiger partial charge in [-0.3, -0.25) is 9.69 Å². The van der Waals surface area contributed by atoms with E-state index in [1.165, 1.54) is 12.1 Å². The zero-order chi connectivity index (χ0) is 11.0. The third-order valence-electron chi connectivity index (χ3n) is 2.86. The second-order valence-electron chi connectivity index (χ2n) is 3.95. The molecule has 0 radical (unpaired) electrons. The maximum atomic E-state index is 13.0. The molecule has 0 unspecified atom stereocenters. The second kappa shape index (κ2) is 3.62. The smallest absolute Gasteiger partial charge is 0.235 e. The molecule has 1 aromatic carbocycles. The molecule has 15 heavy (non-hydrogen) atoms. The highest BCUT2D eigenvalue weighted by atomic mass is 19.1. The first-order valence-electron chi connectivity index (χ1n) is 4.85. The number of hydrogen-bond acceptors (Lipinski definition) is 2. The zero-order valence-electron chi connectivity index (χ0n) is 8.53. The summed E-state index contributed by atoms with van der Waals surface area (Å²) in [5, 5.41) is 0. The summed E-state index contributed by atoms with van der Waals surface area (Å²) >= 11 is 0. The number of carbonyl (C=O) groups is 1. The summed E-state index contributed by atoms with van der Waals surface area (Å²) in [6, 6.07) is 4.37. The van der Waals surface area contributed by atoms with E-state index >= 15 is 0 Å². The molecule has 2 rings (SSSR count). The Hall–Kier alpha value is -1.42. The fourth-order valence-electron chi connectivity index (χ4n) is 2.00. The topological polar surface area (TPSA) is 46.3 Å². The van der Waals surface area contributed by atoms with Gasteiger partial charge in [0.25, 0.3) is 0 Å². The van der Waals surface area contributed by atoms with Gasteiger partial charge in [0.05, 0.1) is 6.04 Å². The van der Waals surface area contributed by atoms with Crippen LogP contribution < -0.4 is 5.73 Å². The van der Waals surface area contributed by atoms with E-state index in [-0.39, 0.29) is 17.8 Å². The predicted molar refractivity (Wildman–Crippen MR) is 54.6 cm³/mol. The number of fused-ring (bicyclic) bond motifs is 1. The van der Waals surface area contributed by atoms with Gasteiger partial charge in [-0.25, -0.2) is 4.39 Å². The minimum absolute atomic E-state index is 0.262. The Balaban J connectivity index is 2.34. The maximum absolute atomic E-state index is 13.0. The molecule has 0 fully saturated rings. The van der Waals surface area contributed by atoms with Crippen LogP contribution in [0.2, 0.25) is 0 Å². The van der Waals surface area contributed by atoms with Crippen molar-refractivity contribution in [3.63, 3.8) is 0 Å². The number of amides is 1. The number of benzene rings is 1. The largest absolute Gasteiger partial charge is 0.368 e. The molecule has 1 aliphatic heterocycles. The van der Waals surface area contributed by atoms with Crippen LogP contribution >= 0.6 is 0 Å². The molecular formula is C11H13FN2O. The molecule has 0 bridgehead atoms. The van der Waals surface area contributed by atoms with Gasteiger partial charge in [0, 0.05) is 6.54 Å². The highest BCUT2D eigenvalue weighted by Crippen LogP contribution is 2.22. The standard InChI is InChI=1S/C11H13FN2O/c1-14-6-7-2-3-9(12)4-8(7)5-10(14)11(13)15/h2-4,10H,5-6H2,1H3,(H2,13,15)/t10-/m0/s1. The van der Waals surface area contributed by atoms with Gasteiger partial charge in [-0.1, -0.05) is 6.07 Å². The second-order valence-corrected chi connectivity index (χ2v) is 3.95. The van der Waals surface area contributed by atoms with Crippen LogP contribution in [0.4, 0.5) is 4.39 Å². The summed E-state index contributed by atoms with van der Waals surface area (Å²) in [7, 11) is 1.85. The highest BCUT2D eigenvalue weighted by Gasteiger charge is 2.27. The van der Waals surface area contributed by atoms with Gasteiger partial charge in [-0.2, -0.15) is 0 Å². The van der Waals surface area contributed by atoms with E-state index < -0.39 is 0 Å². The molecule has 1 aliphatic rings. The first-order chi connectivity index (χ1) is 7.08. The first kappa shape index (κ1) is 10.1. The van der Waals surface area contributed by atoms with Crippen LogP contribution in [0.3, 0.4) is 0 Å². The molecule has 1 atom stereocenters. The lowest BCUT2D eigenvalue weighted by atomic mass is 9.94. The number of hydrogen-bond donors (Lipinski definition) is 1. The van der Waals surface area contributed by atoms with Crippen molar-refractivity contribution < 1.29 is 9.18 Å². The minimum Gasteiger partial charge on any atom is -0.368 e. The molecule has 80 valence electrons. The fourth-order valence-corrected chi connectivity index (χ4v) is 2.00. The van der Waals surface area contributed by atoms with Gasteiger partial charge in [-0.15, -0.1) is 0 Å². The number of nitrogens with zero attached hydrogens (tertiary/aromatic N) is 1. The number of rotatable bonds is 1. The van der Waals surface area contributed by atoms with Crippen LogP contribution in [0, 0.1) is 5.82 Å². The van der Waals surface area contributed by atoms with E-state index in [0.29, 0.717) is 13.0 Å². The lowest BCUT2D eigenvalue weighted by molar-refractivity contribution is -0.123. The number of nitrogens with two attached hydrogens (primary N) is 1. The molecule has 0 spiro atoms. The Kier molecular flexibility index (Phi) is 2.44. The van der Waals surface area contributed by atoms with Crippen LogP contribution in [-0.2, 0) is 17.8 Å². The molecule has 1 heterocycles. The van der Waals surface area contributed by atoms with E-state index in [9.17, 15) is 9.18 Å². The van der Waals surface area contributed by atoms with Gasteiger partial charge in [0.15, 0.2) is 0 Å². The van der Waals surface area contributed by atoms with E-state index in [1.807, 2.05) is 11.9 Å². The molecule has 1 amide bonds. The molecular weight excluding hydrogens is 195 g/mol. The average molecular weight is 208 g/mol. The highest BCUT2D eigenvalue weighted by molar-refractivity contribution is 5.80. The molecule has 0 aliphatic carbocycles. The third-order valence-corrected chi connectivity index (χ3v) is 2.86. The molecule has 0 saturated heterocycles. The molecule has 0 saturated carbocycles. The Morgan fingerprint density at radius 1 is 1.53 bits per heavy atom. The quantitative estimate of drug-likeness (QED) is 0.737. The normalized spacial score (nSPS) is 21.1. The SMILES string of the molecule is CN1Cc2ccc(F)cc2C[C@H]1C(N)=O. The first-order valence-corrected chi connectivity index (χ1v) is 4.85. The summed E-state index contributed by atoms with van der Waals surface area (Å²) in [5.41, 5.74) is 7.23. The molecule has 0 aromatic heterocycles. The van der Waals surface area contributed by atoms with Gasteiger partial charge < -0.3 is 5.73 Å². The van der Waals surface area contributed by atoms with E-state index in [4.69, 9.17) is 5.73 Å². The number of primary amides is 1. The maximum Gasteiger partial charge on any atom is 0.235 e. The van der Waals surface area contributed by atoms with Crippen molar-refractivity contribution >= 4 is 5.91 Å². The van der Waals surface area contributed by atoms with Crippen molar-refractivity contribution in [2.45, 2.75) is 19.0 Å². The van der Waals surface area contributed by atoms with Gasteiger partial charge in [0.1, 0.15) is 5.82 Å². The Labute approximate surface area is 87.7 Å². The van der Waals surface area contributed by atoms with E-state index in [2.05, 4.69) is 0 Å². The van der Waals surface area contributed by atoms with Crippen LogP contribution in [0.1, 0.15) is 11.1 Å². The van der Waals surface area contributed by atoms with E-state index in [1.54, 1.807) is 6.07 Å². The van der Waals surface area contributed by atoms with Crippen molar-refractivity contribution in [3.05, 3.63) is 35.1 Å². The molecule has 1 aromatic rings. The van der Waals surface area contributed by atoms with Crippen molar-refractivity contribution in [2.75, 3.05) is 7.05 Å². The van der Waals surface area contributed by atoms with Gasteiger partial charge in [-0.05, 0) is 36.7 Å². The van der Waals surface area contributed by atoms with Crippen molar-refractivity contribution in [2.24, 2.45) is 5.73 Å². The van der Waals surface area contributed by atoms with Gasteiger partial charge in [0.2, 0.25) is 5.91 Å². The summed E-state index contributed by atoms with van der Waals surface area (Å²) in [6.45, 7) is 0.642. The fraction of sp³-hybridized carbons (Fsp3) is 0.364. The Morgan fingerprint density at radius 2 is 2.27 bits per heavy atom. The van der Waals surface area contributed by atoms with Crippen LogP contribution in [-0.4, -0.2) is 23.9 Å². The lowest BCUT2D eigenvalue weighted by Crippen LogP contribution is -2.46. The van der Waals surface area contributed by atoms with E-state index in [0.717, 1.165) is 11.1 Å². The number of carbonyl (C=O) groups excluding carboxylic acids is 1. The Morgan fingerprint density at radius 3 is 2.93 bits per heavy atom. The number of likely N-dealkylation sites (N-methyl/N-ethyl adjacent to an activating group) is 1. The zero-order valence-corrected chi connectivity index (χ0v) is 8.53. The van der Waals surface area contributed by atoms with Crippen molar-refractivity contribution in [1.29, 1.82) is 0 Å². The summed E-state index contributed by atoms with van der Waals surface area (Å²) in [6.07, 6.45) is 0.499. The summed E-state index contributed by atoms with van der Waals surface area (Å²) in [5.74, 6) is -0.617. The average Bonchev–Trinajstić information content (AvgIpc) is 2.17. The monoisotopic (exact) mass is 208 g/mol. The van der Waals surface area contributed by atoms with Crippen LogP contribution in [0.5, 0.6) is 0 Å². The van der Waals surface area contributed by atoms with Crippen LogP contribution in [0.15, 0.2) is 18.2 Å². The molecule has 4 heteroatoms. The minimum atomic E-state index is -0.354. The lowest BCUT2D eigenvalue weighted by Gasteiger charge is -2.31. The predicted octanol–water partition coefficient (Wildman–Crippen LogP) is 0.668. The van der Waals surface area contributed by atoms with Gasteiger partial charge >= 0.3 is 0 Å². The molecule has 3 nitrogen and oxygen atoms in total. The number of halogens is 1. The molecule has 2 N–H and O–H groups in total. The Bertz CT molecular complexity index is 406. The summed E-state index contributed by atoms with van der Waals surface area (Å²) < 4.78 is 13.0. The van der Waals surface area contributed by atoms with Crippen molar-refractivity contribution in [1.82, 2.24) is 4.90 Å². The van der Waals surface area contributed by atoms with Crippen molar-refractivity contribution in [3.8, 4) is 0 Å². The third kappa shape index (κ3) is 1.85. The van der Waals surface area contributed by atoms with Crippen LogP contribution in [0.25, 0.3) is 0 Å². The summed E-state index contributed by atoms with van der Waals surface area (Å²) in [4.78, 5) is 13.0.